The van der Waals surface area contributed by atoms with Gasteiger partial charge in [0, 0.05) is 12.0 Å². The van der Waals surface area contributed by atoms with E-state index in [9.17, 15) is 9.59 Å². The van der Waals surface area contributed by atoms with Gasteiger partial charge >= 0.3 is 12.1 Å². The summed E-state index contributed by atoms with van der Waals surface area (Å²) in [5.74, 6) is -0.920. The lowest BCUT2D eigenvalue weighted by atomic mass is 9.98. The van der Waals surface area contributed by atoms with Crippen LogP contribution in [0.15, 0.2) is 48.5 Å². The van der Waals surface area contributed by atoms with Crippen LogP contribution >= 0.6 is 0 Å². The molecule has 0 bridgehead atoms. The van der Waals surface area contributed by atoms with E-state index in [4.69, 9.17) is 9.84 Å². The number of rotatable bonds is 9. The molecule has 0 aliphatic heterocycles. The van der Waals surface area contributed by atoms with Crippen molar-refractivity contribution in [3.63, 3.8) is 0 Å². The van der Waals surface area contributed by atoms with Gasteiger partial charge < -0.3 is 15.2 Å². The zero-order valence-electron chi connectivity index (χ0n) is 16.2. The van der Waals surface area contributed by atoms with Crippen LogP contribution in [0.2, 0.25) is 0 Å². The van der Waals surface area contributed by atoms with E-state index in [0.29, 0.717) is 6.42 Å². The molecule has 3 rings (SSSR count). The van der Waals surface area contributed by atoms with Crippen molar-refractivity contribution in [3.8, 4) is 11.1 Å². The largest absolute Gasteiger partial charge is 0.481 e. The smallest absolute Gasteiger partial charge is 0.407 e. The van der Waals surface area contributed by atoms with Gasteiger partial charge in [-0.15, -0.1) is 0 Å². The number of carboxylic acids is 1. The van der Waals surface area contributed by atoms with Crippen LogP contribution < -0.4 is 5.32 Å². The van der Waals surface area contributed by atoms with Crippen LogP contribution in [-0.4, -0.2) is 29.8 Å². The van der Waals surface area contributed by atoms with Crippen molar-refractivity contribution in [2.45, 2.75) is 51.0 Å². The molecule has 1 atom stereocenters. The molecule has 0 aromatic heterocycles. The summed E-state index contributed by atoms with van der Waals surface area (Å²) < 4.78 is 5.52. The predicted molar refractivity (Wildman–Crippen MR) is 108 cm³/mol. The monoisotopic (exact) mass is 381 g/mol. The Bertz CT molecular complexity index is 787. The summed E-state index contributed by atoms with van der Waals surface area (Å²) in [7, 11) is 0. The van der Waals surface area contributed by atoms with Crippen molar-refractivity contribution in [2.24, 2.45) is 0 Å². The first kappa shape index (κ1) is 19.9. The fourth-order valence-corrected chi connectivity index (χ4v) is 3.88. The Kier molecular flexibility index (Phi) is 6.69. The molecule has 0 spiro atoms. The van der Waals surface area contributed by atoms with Gasteiger partial charge in [0.1, 0.15) is 6.61 Å². The van der Waals surface area contributed by atoms with E-state index in [1.807, 2.05) is 24.3 Å². The van der Waals surface area contributed by atoms with Gasteiger partial charge in [-0.25, -0.2) is 4.79 Å². The average Bonchev–Trinajstić information content (AvgIpc) is 3.00. The number of aliphatic carboxylic acids is 1. The summed E-state index contributed by atoms with van der Waals surface area (Å²) in [6.07, 6.45) is 2.95. The molecular formula is C23H27NO4. The van der Waals surface area contributed by atoms with Crippen LogP contribution in [0.25, 0.3) is 11.1 Å². The molecule has 0 heterocycles. The second-order valence-corrected chi connectivity index (χ2v) is 7.26. The number of amides is 1. The van der Waals surface area contributed by atoms with Gasteiger partial charge in [-0.05, 0) is 28.7 Å². The maximum Gasteiger partial charge on any atom is 0.407 e. The number of carbonyl (C=O) groups excluding carboxylic acids is 1. The number of benzene rings is 2. The van der Waals surface area contributed by atoms with E-state index in [2.05, 4.69) is 36.5 Å². The first-order valence-electron chi connectivity index (χ1n) is 9.93. The molecule has 148 valence electrons. The summed E-state index contributed by atoms with van der Waals surface area (Å²) in [6, 6.07) is 15.9. The highest BCUT2D eigenvalue weighted by Crippen LogP contribution is 2.44. The van der Waals surface area contributed by atoms with E-state index in [1.165, 1.54) is 11.1 Å². The Balaban J connectivity index is 1.63. The third-order valence-electron chi connectivity index (χ3n) is 5.24. The van der Waals surface area contributed by atoms with Gasteiger partial charge in [0.05, 0.1) is 6.42 Å². The van der Waals surface area contributed by atoms with Crippen molar-refractivity contribution >= 4 is 12.1 Å². The van der Waals surface area contributed by atoms with Gasteiger partial charge in [-0.1, -0.05) is 74.7 Å². The van der Waals surface area contributed by atoms with Crippen LogP contribution in [0.4, 0.5) is 4.79 Å². The topological polar surface area (TPSA) is 75.6 Å². The van der Waals surface area contributed by atoms with Crippen LogP contribution in [0.5, 0.6) is 0 Å². The number of alkyl carbamates (subject to hydrolysis) is 1. The normalized spacial score (nSPS) is 13.5. The zero-order chi connectivity index (χ0) is 19.9. The first-order valence-corrected chi connectivity index (χ1v) is 9.93. The standard InChI is InChI=1S/C23H27NO4/c1-2-3-4-9-16(14-22(25)26)24-23(27)28-15-21-19-12-7-5-10-17(19)18-11-6-8-13-20(18)21/h5-8,10-13,16,21H,2-4,9,14-15H2,1H3,(H,24,27)(H,25,26)/t16-/m0/s1. The molecule has 1 aliphatic carbocycles. The Morgan fingerprint density at radius 3 is 2.21 bits per heavy atom. The molecule has 1 aliphatic rings. The van der Waals surface area contributed by atoms with E-state index < -0.39 is 18.1 Å². The number of fused-ring (bicyclic) bond motifs is 3. The number of carboxylic acid groups (broad SMARTS) is 1. The van der Waals surface area contributed by atoms with E-state index in [0.717, 1.165) is 30.4 Å². The molecule has 0 radical (unpaired) electrons. The second kappa shape index (κ2) is 9.40. The predicted octanol–water partition coefficient (Wildman–Crippen LogP) is 4.95. The Morgan fingerprint density at radius 1 is 1.04 bits per heavy atom. The lowest BCUT2D eigenvalue weighted by molar-refractivity contribution is -0.137. The molecule has 2 N–H and O–H groups in total. The molecule has 5 heteroatoms. The minimum absolute atomic E-state index is 0.00355. The van der Waals surface area contributed by atoms with Gasteiger partial charge in [0.2, 0.25) is 0 Å². The first-order chi connectivity index (χ1) is 13.6. The summed E-state index contributed by atoms with van der Waals surface area (Å²) in [5, 5.41) is 11.8. The molecular weight excluding hydrogens is 354 g/mol. The van der Waals surface area contributed by atoms with Crippen molar-refractivity contribution < 1.29 is 19.4 Å². The summed E-state index contributed by atoms with van der Waals surface area (Å²) >= 11 is 0. The van der Waals surface area contributed by atoms with Crippen LogP contribution in [0.3, 0.4) is 0 Å². The molecule has 0 unspecified atom stereocenters. The maximum absolute atomic E-state index is 12.3. The number of ether oxygens (including phenoxy) is 1. The second-order valence-electron chi connectivity index (χ2n) is 7.26. The van der Waals surface area contributed by atoms with Gasteiger partial charge in [-0.3, -0.25) is 4.79 Å². The fourth-order valence-electron chi connectivity index (χ4n) is 3.88. The quantitative estimate of drug-likeness (QED) is 0.603. The number of hydrogen-bond donors (Lipinski definition) is 2. The van der Waals surface area contributed by atoms with Crippen molar-refractivity contribution in [3.05, 3.63) is 59.7 Å². The molecule has 2 aromatic rings. The Labute approximate surface area is 165 Å². The Hall–Kier alpha value is -2.82. The minimum Gasteiger partial charge on any atom is -0.481 e. The van der Waals surface area contributed by atoms with E-state index >= 15 is 0 Å². The third-order valence-corrected chi connectivity index (χ3v) is 5.24. The highest BCUT2D eigenvalue weighted by atomic mass is 16.5. The molecule has 1 amide bonds. The number of carbonyl (C=O) groups is 2. The van der Waals surface area contributed by atoms with Crippen LogP contribution in [-0.2, 0) is 9.53 Å². The highest BCUT2D eigenvalue weighted by molar-refractivity contribution is 5.79. The van der Waals surface area contributed by atoms with Crippen LogP contribution in [0, 0.1) is 0 Å². The third kappa shape index (κ3) is 4.71. The number of nitrogens with one attached hydrogen (secondary N) is 1. The van der Waals surface area contributed by atoms with Crippen molar-refractivity contribution in [2.75, 3.05) is 6.61 Å². The minimum atomic E-state index is -0.916. The number of hydrogen-bond acceptors (Lipinski definition) is 3. The SMILES string of the molecule is CCCCC[C@@H](CC(=O)O)NC(=O)OCC1c2ccccc2-c2ccccc21. The van der Waals surface area contributed by atoms with Gasteiger partial charge in [-0.2, -0.15) is 0 Å². The van der Waals surface area contributed by atoms with E-state index in [-0.39, 0.29) is 18.9 Å². The summed E-state index contributed by atoms with van der Waals surface area (Å²) in [6.45, 7) is 2.32. The fraction of sp³-hybridized carbons (Fsp3) is 0.391. The number of unbranched alkanes of at least 4 members (excludes halogenated alkanes) is 2. The maximum atomic E-state index is 12.3. The molecule has 0 saturated carbocycles. The summed E-state index contributed by atoms with van der Waals surface area (Å²) in [5.41, 5.74) is 4.66. The lowest BCUT2D eigenvalue weighted by Gasteiger charge is -2.19. The van der Waals surface area contributed by atoms with Gasteiger partial charge in [0.25, 0.3) is 0 Å². The van der Waals surface area contributed by atoms with Crippen LogP contribution in [0.1, 0.15) is 56.1 Å². The molecule has 0 fully saturated rings. The molecule has 0 saturated heterocycles. The molecule has 2 aromatic carbocycles. The zero-order valence-corrected chi connectivity index (χ0v) is 16.2. The molecule has 28 heavy (non-hydrogen) atoms. The summed E-state index contributed by atoms with van der Waals surface area (Å²) in [4.78, 5) is 23.4. The van der Waals surface area contributed by atoms with Gasteiger partial charge in [0.15, 0.2) is 0 Å². The van der Waals surface area contributed by atoms with Crippen molar-refractivity contribution in [1.82, 2.24) is 5.32 Å². The average molecular weight is 381 g/mol. The Morgan fingerprint density at radius 2 is 1.64 bits per heavy atom. The molecule has 5 nitrogen and oxygen atoms in total. The lowest BCUT2D eigenvalue weighted by Crippen LogP contribution is -2.37. The van der Waals surface area contributed by atoms with Crippen molar-refractivity contribution in [1.29, 1.82) is 0 Å². The van der Waals surface area contributed by atoms with E-state index in [1.54, 1.807) is 0 Å². The highest BCUT2D eigenvalue weighted by Gasteiger charge is 2.29.